The first-order valence-electron chi connectivity index (χ1n) is 12.3. The quantitative estimate of drug-likeness (QED) is 0.433. The summed E-state index contributed by atoms with van der Waals surface area (Å²) < 4.78 is 69.9. The molecule has 38 heavy (non-hydrogen) atoms. The number of hydrogen-bond donors (Lipinski definition) is 1. The third-order valence-corrected chi connectivity index (χ3v) is 10.4. The van der Waals surface area contributed by atoms with Crippen LogP contribution in [0.25, 0.3) is 22.5 Å². The van der Waals surface area contributed by atoms with Crippen LogP contribution in [-0.4, -0.2) is 47.3 Å². The molecule has 1 aliphatic heterocycles. The summed E-state index contributed by atoms with van der Waals surface area (Å²) in [5.74, 6) is -0.162. The van der Waals surface area contributed by atoms with Crippen LogP contribution in [-0.2, 0) is 30.1 Å². The van der Waals surface area contributed by atoms with Gasteiger partial charge in [-0.05, 0) is 79.0 Å². The summed E-state index contributed by atoms with van der Waals surface area (Å²) >= 11 is 12.5. The molecular formula is C26H25Cl2F3N4O2S. The Morgan fingerprint density at radius 3 is 2.45 bits per heavy atom. The van der Waals surface area contributed by atoms with Crippen LogP contribution in [0.5, 0.6) is 0 Å². The highest BCUT2D eigenvalue weighted by molar-refractivity contribution is 7.87. The molecule has 12 heteroatoms. The van der Waals surface area contributed by atoms with Crippen LogP contribution in [0.4, 0.5) is 13.2 Å². The van der Waals surface area contributed by atoms with Crippen molar-refractivity contribution in [1.29, 1.82) is 0 Å². The van der Waals surface area contributed by atoms with E-state index in [9.17, 15) is 21.6 Å². The first-order valence-corrected chi connectivity index (χ1v) is 14.5. The summed E-state index contributed by atoms with van der Waals surface area (Å²) in [7, 11) is -2.37. The second-order valence-electron chi connectivity index (χ2n) is 10.6. The minimum Gasteiger partial charge on any atom is -0.267 e. The van der Waals surface area contributed by atoms with Gasteiger partial charge in [0.2, 0.25) is 0 Å². The number of alkyl halides is 3. The van der Waals surface area contributed by atoms with Crippen molar-refractivity contribution >= 4 is 33.4 Å². The normalized spacial score (nSPS) is 26.6. The fourth-order valence-corrected chi connectivity index (χ4v) is 8.77. The third kappa shape index (κ3) is 4.44. The van der Waals surface area contributed by atoms with Crippen molar-refractivity contribution < 1.29 is 21.6 Å². The smallest absolute Gasteiger partial charge is 0.267 e. The van der Waals surface area contributed by atoms with Crippen molar-refractivity contribution in [3.05, 3.63) is 63.6 Å². The van der Waals surface area contributed by atoms with Crippen molar-refractivity contribution in [3.8, 4) is 22.5 Å². The lowest BCUT2D eigenvalue weighted by atomic mass is 9.79. The van der Waals surface area contributed by atoms with E-state index in [1.54, 1.807) is 16.8 Å². The second-order valence-corrected chi connectivity index (χ2v) is 13.1. The molecule has 2 aliphatic carbocycles. The Balaban J connectivity index is 1.32. The second kappa shape index (κ2) is 8.96. The maximum absolute atomic E-state index is 13.1. The Morgan fingerprint density at radius 2 is 1.76 bits per heavy atom. The summed E-state index contributed by atoms with van der Waals surface area (Å²) in [4.78, 5) is 0. The van der Waals surface area contributed by atoms with Gasteiger partial charge >= 0.3 is 6.18 Å². The van der Waals surface area contributed by atoms with E-state index in [1.165, 1.54) is 0 Å². The average molecular weight is 585 g/mol. The van der Waals surface area contributed by atoms with E-state index in [1.807, 2.05) is 31.3 Å². The lowest BCUT2D eigenvalue weighted by Gasteiger charge is -2.33. The van der Waals surface area contributed by atoms with Gasteiger partial charge in [0.25, 0.3) is 10.2 Å². The van der Waals surface area contributed by atoms with E-state index >= 15 is 0 Å². The first kappa shape index (κ1) is 26.1. The van der Waals surface area contributed by atoms with Crippen LogP contribution >= 0.6 is 23.2 Å². The van der Waals surface area contributed by atoms with Gasteiger partial charge in [-0.1, -0.05) is 35.3 Å². The van der Waals surface area contributed by atoms with Crippen LogP contribution in [0.2, 0.25) is 10.0 Å². The van der Waals surface area contributed by atoms with Crippen molar-refractivity contribution in [2.24, 2.45) is 18.9 Å². The van der Waals surface area contributed by atoms with Gasteiger partial charge in [0.1, 0.15) is 6.54 Å². The summed E-state index contributed by atoms with van der Waals surface area (Å²) in [5.41, 5.74) is 4.60. The monoisotopic (exact) mass is 584 g/mol. The minimum absolute atomic E-state index is 0.0684. The zero-order chi connectivity index (χ0) is 27.0. The van der Waals surface area contributed by atoms with E-state index in [-0.39, 0.29) is 18.4 Å². The zero-order valence-corrected chi connectivity index (χ0v) is 22.7. The fourth-order valence-electron chi connectivity index (χ4n) is 6.56. The SMILES string of the molecule is Cn1nc(-c2ccc3c(c2)CC2CCC(C3)C23CN(CC(F)(F)F)S(=O)(=O)N3)cc1-c1ccc(Cl)cc1Cl. The van der Waals surface area contributed by atoms with Gasteiger partial charge in [-0.2, -0.15) is 35.7 Å². The molecule has 2 bridgehead atoms. The number of nitrogens with one attached hydrogen (secondary N) is 1. The van der Waals surface area contributed by atoms with Crippen molar-refractivity contribution in [3.63, 3.8) is 0 Å². The van der Waals surface area contributed by atoms with Gasteiger partial charge in [0, 0.05) is 29.7 Å². The molecule has 2 heterocycles. The number of hydrogen-bond acceptors (Lipinski definition) is 3. The highest BCUT2D eigenvalue weighted by Gasteiger charge is 2.60. The number of aromatic nitrogens is 2. The van der Waals surface area contributed by atoms with Crippen LogP contribution in [0.15, 0.2) is 42.5 Å². The van der Waals surface area contributed by atoms with Gasteiger partial charge in [0.05, 0.1) is 21.9 Å². The number of rotatable bonds is 3. The highest BCUT2D eigenvalue weighted by Crippen LogP contribution is 2.51. The van der Waals surface area contributed by atoms with Gasteiger partial charge in [-0.3, -0.25) is 4.68 Å². The number of halogens is 5. The van der Waals surface area contributed by atoms with Crippen molar-refractivity contribution in [2.45, 2.75) is 37.4 Å². The van der Waals surface area contributed by atoms with Crippen LogP contribution in [0, 0.1) is 11.8 Å². The molecule has 3 atom stereocenters. The topological polar surface area (TPSA) is 67.2 Å². The molecule has 2 fully saturated rings. The molecule has 1 N–H and O–H groups in total. The van der Waals surface area contributed by atoms with Gasteiger partial charge in [0.15, 0.2) is 0 Å². The molecule has 2 aromatic carbocycles. The predicted molar refractivity (Wildman–Crippen MR) is 140 cm³/mol. The number of benzene rings is 2. The number of aryl methyl sites for hydroxylation is 1. The van der Waals surface area contributed by atoms with E-state index in [2.05, 4.69) is 10.8 Å². The molecule has 202 valence electrons. The largest absolute Gasteiger partial charge is 0.402 e. The van der Waals surface area contributed by atoms with E-state index in [0.717, 1.165) is 46.5 Å². The van der Waals surface area contributed by atoms with E-state index in [4.69, 9.17) is 28.3 Å². The average Bonchev–Trinajstić information content (AvgIpc) is 3.38. The van der Waals surface area contributed by atoms with Gasteiger partial charge < -0.3 is 0 Å². The van der Waals surface area contributed by atoms with Crippen LogP contribution in [0.3, 0.4) is 0 Å². The number of fused-ring (bicyclic) bond motifs is 1. The van der Waals surface area contributed by atoms with Crippen LogP contribution in [0.1, 0.15) is 24.0 Å². The summed E-state index contributed by atoms with van der Waals surface area (Å²) in [6.45, 7) is -1.63. The fraction of sp³-hybridized carbons (Fsp3) is 0.423. The number of nitrogens with zero attached hydrogens (tertiary/aromatic N) is 3. The Bertz CT molecular complexity index is 1540. The summed E-state index contributed by atoms with van der Waals surface area (Å²) in [6, 6.07) is 13.4. The van der Waals surface area contributed by atoms with Crippen LogP contribution < -0.4 is 4.72 Å². The first-order chi connectivity index (χ1) is 17.8. The molecule has 1 spiro atoms. The maximum Gasteiger partial charge on any atom is 0.402 e. The molecule has 3 aliphatic rings. The van der Waals surface area contributed by atoms with Crippen molar-refractivity contribution in [1.82, 2.24) is 18.8 Å². The molecule has 3 unspecified atom stereocenters. The molecule has 1 aromatic heterocycles. The Kier molecular flexibility index (Phi) is 6.16. The summed E-state index contributed by atoms with van der Waals surface area (Å²) in [6.07, 6.45) is -1.86. The standard InChI is InChI=1S/C26H25Cl2F3N4O2S/c1-34-24(21-7-6-20(27)11-22(21)28)12-23(32-34)16-3-2-15-9-18-4-5-19(10-17(15)8-16)25(18)13-35(14-26(29,30)31)38(36,37)33-25/h2-3,6-8,11-12,18-19,33H,4-5,9-10,13-14H2,1H3. The van der Waals surface area contributed by atoms with Gasteiger partial charge in [-0.15, -0.1) is 0 Å². The Hall–Kier alpha value is -2.11. The summed E-state index contributed by atoms with van der Waals surface area (Å²) in [5, 5.41) is 5.76. The Labute approximate surface area is 228 Å². The molecule has 3 aromatic rings. The lowest BCUT2D eigenvalue weighted by molar-refractivity contribution is -0.136. The molecule has 6 rings (SSSR count). The lowest BCUT2D eigenvalue weighted by Crippen LogP contribution is -2.52. The highest BCUT2D eigenvalue weighted by atomic mass is 35.5. The molecule has 1 saturated heterocycles. The van der Waals surface area contributed by atoms with E-state index < -0.39 is 28.5 Å². The molecule has 0 amide bonds. The molecule has 0 radical (unpaired) electrons. The molecule has 1 saturated carbocycles. The third-order valence-electron chi connectivity index (χ3n) is 8.29. The van der Waals surface area contributed by atoms with Crippen molar-refractivity contribution in [2.75, 3.05) is 13.1 Å². The predicted octanol–water partition coefficient (Wildman–Crippen LogP) is 5.64. The van der Waals surface area contributed by atoms with E-state index in [0.29, 0.717) is 27.2 Å². The maximum atomic E-state index is 13.1. The zero-order valence-electron chi connectivity index (χ0n) is 20.4. The molecule has 6 nitrogen and oxygen atoms in total. The molecular weight excluding hydrogens is 560 g/mol. The van der Waals surface area contributed by atoms with Gasteiger partial charge in [-0.25, -0.2) is 0 Å². The minimum atomic E-state index is -4.60. The Morgan fingerprint density at radius 1 is 1.05 bits per heavy atom.